The minimum absolute atomic E-state index is 0.0798. The SMILES string of the molecule is CCc1cc(C(=O)N(C)CCCSc2ccc(C)cc2)no1. The molecule has 0 N–H and O–H groups in total. The van der Waals surface area contributed by atoms with Gasteiger partial charge in [0.2, 0.25) is 0 Å². The van der Waals surface area contributed by atoms with Crippen LogP contribution in [0.2, 0.25) is 0 Å². The second-order valence-corrected chi connectivity index (χ2v) is 6.44. The number of hydrogen-bond donors (Lipinski definition) is 0. The summed E-state index contributed by atoms with van der Waals surface area (Å²) in [6.45, 7) is 4.77. The first-order valence-corrected chi connectivity index (χ1v) is 8.49. The number of nitrogens with zero attached hydrogens (tertiary/aromatic N) is 2. The molecule has 0 unspecified atom stereocenters. The van der Waals surface area contributed by atoms with Crippen molar-refractivity contribution in [2.75, 3.05) is 19.3 Å². The third kappa shape index (κ3) is 4.63. The van der Waals surface area contributed by atoms with E-state index in [9.17, 15) is 4.79 Å². The van der Waals surface area contributed by atoms with Gasteiger partial charge in [-0.1, -0.05) is 29.8 Å². The van der Waals surface area contributed by atoms with Crippen molar-refractivity contribution in [2.24, 2.45) is 0 Å². The van der Waals surface area contributed by atoms with E-state index in [4.69, 9.17) is 4.52 Å². The molecule has 1 heterocycles. The van der Waals surface area contributed by atoms with E-state index in [1.807, 2.05) is 18.7 Å². The van der Waals surface area contributed by atoms with Crippen LogP contribution < -0.4 is 0 Å². The van der Waals surface area contributed by atoms with Gasteiger partial charge in [-0.15, -0.1) is 11.8 Å². The quantitative estimate of drug-likeness (QED) is 0.575. The van der Waals surface area contributed by atoms with Crippen molar-refractivity contribution in [1.29, 1.82) is 0 Å². The zero-order chi connectivity index (χ0) is 15.9. The third-order valence-electron chi connectivity index (χ3n) is 3.40. The van der Waals surface area contributed by atoms with Gasteiger partial charge in [0, 0.05) is 31.0 Å². The first-order chi connectivity index (χ1) is 10.6. The van der Waals surface area contributed by atoms with Crippen LogP contribution >= 0.6 is 11.8 Å². The number of benzene rings is 1. The first kappa shape index (κ1) is 16.6. The van der Waals surface area contributed by atoms with Crippen LogP contribution in [0.15, 0.2) is 39.8 Å². The van der Waals surface area contributed by atoms with Crippen molar-refractivity contribution in [3.8, 4) is 0 Å². The van der Waals surface area contributed by atoms with Crippen LogP contribution in [0.3, 0.4) is 0 Å². The minimum atomic E-state index is -0.0798. The summed E-state index contributed by atoms with van der Waals surface area (Å²) in [5, 5.41) is 3.82. The van der Waals surface area contributed by atoms with E-state index in [1.165, 1.54) is 10.5 Å². The van der Waals surface area contributed by atoms with Gasteiger partial charge in [-0.3, -0.25) is 4.79 Å². The van der Waals surface area contributed by atoms with E-state index in [2.05, 4.69) is 36.3 Å². The van der Waals surface area contributed by atoms with Crippen LogP contribution in [0, 0.1) is 6.92 Å². The average Bonchev–Trinajstić information content (AvgIpc) is 3.01. The first-order valence-electron chi connectivity index (χ1n) is 7.50. The predicted octanol–water partition coefficient (Wildman–Crippen LogP) is 3.80. The summed E-state index contributed by atoms with van der Waals surface area (Å²) < 4.78 is 5.08. The summed E-state index contributed by atoms with van der Waals surface area (Å²) in [4.78, 5) is 15.1. The molecule has 22 heavy (non-hydrogen) atoms. The lowest BCUT2D eigenvalue weighted by atomic mass is 10.2. The van der Waals surface area contributed by atoms with Crippen LogP contribution in [0.25, 0.3) is 0 Å². The Morgan fingerprint density at radius 2 is 2.05 bits per heavy atom. The Morgan fingerprint density at radius 1 is 1.32 bits per heavy atom. The second-order valence-electron chi connectivity index (χ2n) is 5.27. The lowest BCUT2D eigenvalue weighted by molar-refractivity contribution is 0.0785. The predicted molar refractivity (Wildman–Crippen MR) is 89.4 cm³/mol. The largest absolute Gasteiger partial charge is 0.361 e. The van der Waals surface area contributed by atoms with Crippen LogP contribution in [0.1, 0.15) is 35.2 Å². The van der Waals surface area contributed by atoms with Crippen molar-refractivity contribution in [2.45, 2.75) is 31.6 Å². The Hall–Kier alpha value is -1.75. The summed E-state index contributed by atoms with van der Waals surface area (Å²) >= 11 is 1.81. The zero-order valence-corrected chi connectivity index (χ0v) is 14.2. The number of amides is 1. The Labute approximate surface area is 135 Å². The highest BCUT2D eigenvalue weighted by Crippen LogP contribution is 2.19. The summed E-state index contributed by atoms with van der Waals surface area (Å²) in [5.74, 6) is 1.65. The molecule has 0 aliphatic heterocycles. The molecule has 0 saturated heterocycles. The molecule has 118 valence electrons. The maximum absolute atomic E-state index is 12.2. The number of carbonyl (C=O) groups excluding carboxylic acids is 1. The molecule has 0 aliphatic carbocycles. The Balaban J connectivity index is 1.74. The fourth-order valence-electron chi connectivity index (χ4n) is 2.00. The highest BCUT2D eigenvalue weighted by Gasteiger charge is 2.16. The monoisotopic (exact) mass is 318 g/mol. The molecular weight excluding hydrogens is 296 g/mol. The fraction of sp³-hybridized carbons (Fsp3) is 0.412. The van der Waals surface area contributed by atoms with Crippen molar-refractivity contribution in [3.63, 3.8) is 0 Å². The fourth-order valence-corrected chi connectivity index (χ4v) is 2.84. The van der Waals surface area contributed by atoms with Crippen LogP contribution in [-0.2, 0) is 6.42 Å². The Bertz CT molecular complexity index is 607. The minimum Gasteiger partial charge on any atom is -0.361 e. The second kappa shape index (κ2) is 8.03. The summed E-state index contributed by atoms with van der Waals surface area (Å²) in [6, 6.07) is 10.2. The molecule has 5 heteroatoms. The van der Waals surface area contributed by atoms with E-state index in [1.54, 1.807) is 18.0 Å². The Kier molecular flexibility index (Phi) is 6.07. The van der Waals surface area contributed by atoms with Gasteiger partial charge < -0.3 is 9.42 Å². The van der Waals surface area contributed by atoms with E-state index in [0.717, 1.165) is 24.4 Å². The number of carbonyl (C=O) groups is 1. The maximum atomic E-state index is 12.2. The van der Waals surface area contributed by atoms with Crippen LogP contribution in [-0.4, -0.2) is 35.3 Å². The molecule has 0 aliphatic rings. The topological polar surface area (TPSA) is 46.3 Å². The third-order valence-corrected chi connectivity index (χ3v) is 4.50. The summed E-state index contributed by atoms with van der Waals surface area (Å²) in [6.07, 6.45) is 1.69. The number of aromatic nitrogens is 1. The number of aryl methyl sites for hydroxylation is 2. The molecular formula is C17H22N2O2S. The lowest BCUT2D eigenvalue weighted by Crippen LogP contribution is -2.28. The summed E-state index contributed by atoms with van der Waals surface area (Å²) in [7, 11) is 1.80. The van der Waals surface area contributed by atoms with E-state index in [-0.39, 0.29) is 5.91 Å². The zero-order valence-electron chi connectivity index (χ0n) is 13.3. The van der Waals surface area contributed by atoms with Crippen molar-refractivity contribution >= 4 is 17.7 Å². The molecule has 0 fully saturated rings. The molecule has 1 aromatic heterocycles. The molecule has 0 radical (unpaired) electrons. The van der Waals surface area contributed by atoms with Gasteiger partial charge in [-0.2, -0.15) is 0 Å². The Morgan fingerprint density at radius 3 is 2.68 bits per heavy atom. The lowest BCUT2D eigenvalue weighted by Gasteiger charge is -2.15. The number of hydrogen-bond acceptors (Lipinski definition) is 4. The normalized spacial score (nSPS) is 10.7. The van der Waals surface area contributed by atoms with Gasteiger partial charge in [-0.25, -0.2) is 0 Å². The van der Waals surface area contributed by atoms with Crippen molar-refractivity contribution in [3.05, 3.63) is 47.3 Å². The molecule has 2 rings (SSSR count). The van der Waals surface area contributed by atoms with Crippen LogP contribution in [0.5, 0.6) is 0 Å². The van der Waals surface area contributed by atoms with Gasteiger partial charge in [-0.05, 0) is 31.2 Å². The van der Waals surface area contributed by atoms with Gasteiger partial charge in [0.1, 0.15) is 5.76 Å². The smallest absolute Gasteiger partial charge is 0.275 e. The highest BCUT2D eigenvalue weighted by molar-refractivity contribution is 7.99. The van der Waals surface area contributed by atoms with Crippen LogP contribution in [0.4, 0.5) is 0 Å². The van der Waals surface area contributed by atoms with Crippen molar-refractivity contribution < 1.29 is 9.32 Å². The van der Waals surface area contributed by atoms with Crippen molar-refractivity contribution in [1.82, 2.24) is 10.1 Å². The molecule has 2 aromatic rings. The standard InChI is InChI=1S/C17H22N2O2S/c1-4-14-12-16(18-21-14)17(20)19(3)10-5-11-22-15-8-6-13(2)7-9-15/h6-9,12H,4-5,10-11H2,1-3H3. The van der Waals surface area contributed by atoms with Gasteiger partial charge >= 0.3 is 0 Å². The number of thioether (sulfide) groups is 1. The molecule has 0 bridgehead atoms. The molecule has 1 amide bonds. The van der Waals surface area contributed by atoms with Gasteiger partial charge in [0.05, 0.1) is 0 Å². The molecule has 0 saturated carbocycles. The van der Waals surface area contributed by atoms with Gasteiger partial charge in [0.25, 0.3) is 5.91 Å². The van der Waals surface area contributed by atoms with E-state index >= 15 is 0 Å². The number of rotatable bonds is 7. The maximum Gasteiger partial charge on any atom is 0.275 e. The molecule has 1 aromatic carbocycles. The van der Waals surface area contributed by atoms with Gasteiger partial charge in [0.15, 0.2) is 5.69 Å². The molecule has 0 atom stereocenters. The molecule has 4 nitrogen and oxygen atoms in total. The molecule has 0 spiro atoms. The summed E-state index contributed by atoms with van der Waals surface area (Å²) in [5.41, 5.74) is 1.67. The average molecular weight is 318 g/mol. The highest BCUT2D eigenvalue weighted by atomic mass is 32.2. The van der Waals surface area contributed by atoms with E-state index < -0.39 is 0 Å². The van der Waals surface area contributed by atoms with E-state index in [0.29, 0.717) is 12.2 Å².